The van der Waals surface area contributed by atoms with Gasteiger partial charge in [0.25, 0.3) is 5.91 Å². The Morgan fingerprint density at radius 1 is 1.00 bits per heavy atom. The molecule has 0 saturated carbocycles. The topological polar surface area (TPSA) is 84.2 Å². The second kappa shape index (κ2) is 10.3. The number of benzene rings is 2. The van der Waals surface area contributed by atoms with Crippen molar-refractivity contribution in [1.29, 1.82) is 0 Å². The van der Waals surface area contributed by atoms with Crippen molar-refractivity contribution in [3.05, 3.63) is 59.4 Å². The summed E-state index contributed by atoms with van der Waals surface area (Å²) in [5.74, 6) is -0.846. The van der Waals surface area contributed by atoms with Gasteiger partial charge in [0.05, 0.1) is 11.4 Å². The molecule has 4 N–H and O–H groups in total. The van der Waals surface area contributed by atoms with Gasteiger partial charge in [0.1, 0.15) is 12.5 Å². The van der Waals surface area contributed by atoms with Crippen molar-refractivity contribution in [3.63, 3.8) is 0 Å². The Balaban J connectivity index is 1.61. The summed E-state index contributed by atoms with van der Waals surface area (Å²) in [6, 6.07) is 10.2. The lowest BCUT2D eigenvalue weighted by Gasteiger charge is -2.08. The number of alkyl halides is 1. The van der Waals surface area contributed by atoms with Crippen molar-refractivity contribution >= 4 is 23.2 Å². The predicted octanol–water partition coefficient (Wildman–Crippen LogP) is 3.81. The lowest BCUT2D eigenvalue weighted by Crippen LogP contribution is -2.24. The minimum Gasteiger partial charge on any atom is -0.397 e. The van der Waals surface area contributed by atoms with Crippen LogP contribution in [0.3, 0.4) is 0 Å². The van der Waals surface area contributed by atoms with Crippen molar-refractivity contribution in [2.75, 3.05) is 17.6 Å². The van der Waals surface area contributed by atoms with Crippen LogP contribution in [0.5, 0.6) is 0 Å². The first kappa shape index (κ1) is 20.4. The van der Waals surface area contributed by atoms with Gasteiger partial charge < -0.3 is 16.4 Å². The molecule has 0 aliphatic rings. The van der Waals surface area contributed by atoms with Crippen molar-refractivity contribution < 1.29 is 18.4 Å². The molecule has 0 atom stereocenters. The fourth-order valence-electron chi connectivity index (χ4n) is 2.50. The lowest BCUT2D eigenvalue weighted by atomic mass is 10.1. The molecule has 7 heteroatoms. The maximum atomic E-state index is 13.0. The number of hydrogen-bond donors (Lipinski definition) is 3. The van der Waals surface area contributed by atoms with E-state index in [0.717, 1.165) is 18.9 Å². The van der Waals surface area contributed by atoms with E-state index in [1.54, 1.807) is 24.3 Å². The molecule has 0 aliphatic heterocycles. The third-order valence-electron chi connectivity index (χ3n) is 4.02. The molecule has 0 heterocycles. The first-order valence-corrected chi connectivity index (χ1v) is 8.77. The average molecular weight is 375 g/mol. The molecule has 0 bridgehead atoms. The normalized spacial score (nSPS) is 10.4. The number of hydrogen-bond acceptors (Lipinski definition) is 3. The van der Waals surface area contributed by atoms with Gasteiger partial charge in [0, 0.05) is 18.5 Å². The SMILES string of the molecule is Nc1cc(F)ccc1NC(=O)CCCCCNC(=O)c1ccc(CF)cc1. The quantitative estimate of drug-likeness (QED) is 0.460. The van der Waals surface area contributed by atoms with Gasteiger partial charge in [0.15, 0.2) is 0 Å². The van der Waals surface area contributed by atoms with Crippen molar-refractivity contribution in [1.82, 2.24) is 5.32 Å². The van der Waals surface area contributed by atoms with Gasteiger partial charge in [-0.3, -0.25) is 9.59 Å². The first-order chi connectivity index (χ1) is 13.0. The smallest absolute Gasteiger partial charge is 0.251 e. The van der Waals surface area contributed by atoms with Gasteiger partial charge in [-0.2, -0.15) is 0 Å². The molecule has 0 fully saturated rings. The molecule has 0 aromatic heterocycles. The molecule has 0 radical (unpaired) electrons. The monoisotopic (exact) mass is 375 g/mol. The number of carbonyl (C=O) groups is 2. The van der Waals surface area contributed by atoms with E-state index in [1.807, 2.05) is 0 Å². The molecular formula is C20H23F2N3O2. The second-order valence-corrected chi connectivity index (χ2v) is 6.18. The summed E-state index contributed by atoms with van der Waals surface area (Å²) >= 11 is 0. The number of nitrogens with one attached hydrogen (secondary N) is 2. The molecule has 0 saturated heterocycles. The zero-order chi connectivity index (χ0) is 19.6. The number of nitrogen functional groups attached to an aromatic ring is 1. The standard InChI is InChI=1S/C20H23F2N3O2/c21-13-14-5-7-15(8-6-14)20(27)24-11-3-1-2-4-19(26)25-18-10-9-16(22)12-17(18)23/h5-10,12H,1-4,11,13,23H2,(H,24,27)(H,25,26). The zero-order valence-electron chi connectivity index (χ0n) is 14.9. The Labute approximate surface area is 157 Å². The second-order valence-electron chi connectivity index (χ2n) is 6.18. The van der Waals surface area contributed by atoms with Crippen molar-refractivity contribution in [2.24, 2.45) is 0 Å². The summed E-state index contributed by atoms with van der Waals surface area (Å²) in [4.78, 5) is 23.8. The zero-order valence-corrected chi connectivity index (χ0v) is 14.9. The number of carbonyl (C=O) groups excluding carboxylic acids is 2. The number of halogens is 2. The molecule has 0 aliphatic carbocycles. The highest BCUT2D eigenvalue weighted by atomic mass is 19.1. The Kier molecular flexibility index (Phi) is 7.73. The summed E-state index contributed by atoms with van der Waals surface area (Å²) in [5, 5.41) is 5.44. The van der Waals surface area contributed by atoms with E-state index in [2.05, 4.69) is 10.6 Å². The molecule has 0 spiro atoms. The van der Waals surface area contributed by atoms with Crippen LogP contribution in [0.25, 0.3) is 0 Å². The maximum Gasteiger partial charge on any atom is 0.251 e. The molecule has 0 unspecified atom stereocenters. The summed E-state index contributed by atoms with van der Waals surface area (Å²) < 4.78 is 25.4. The number of rotatable bonds is 9. The lowest BCUT2D eigenvalue weighted by molar-refractivity contribution is -0.116. The maximum absolute atomic E-state index is 13.0. The van der Waals surface area contributed by atoms with Crippen LogP contribution >= 0.6 is 0 Å². The van der Waals surface area contributed by atoms with E-state index in [0.29, 0.717) is 36.2 Å². The summed E-state index contributed by atoms with van der Waals surface area (Å²) in [5.41, 5.74) is 7.25. The number of anilines is 2. The van der Waals surface area contributed by atoms with E-state index in [-0.39, 0.29) is 17.5 Å². The van der Waals surface area contributed by atoms with E-state index in [9.17, 15) is 18.4 Å². The van der Waals surface area contributed by atoms with Crippen LogP contribution in [0.4, 0.5) is 20.2 Å². The summed E-state index contributed by atoms with van der Waals surface area (Å²) in [6.45, 7) is -0.0561. The first-order valence-electron chi connectivity index (χ1n) is 8.77. The van der Waals surface area contributed by atoms with Crippen molar-refractivity contribution in [2.45, 2.75) is 32.4 Å². The number of unbranched alkanes of at least 4 members (excludes halogenated alkanes) is 2. The largest absolute Gasteiger partial charge is 0.397 e. The van der Waals surface area contributed by atoms with Crippen LogP contribution in [0, 0.1) is 5.82 Å². The molecule has 5 nitrogen and oxygen atoms in total. The molecule has 27 heavy (non-hydrogen) atoms. The van der Waals surface area contributed by atoms with Gasteiger partial charge in [-0.15, -0.1) is 0 Å². The molecular weight excluding hydrogens is 352 g/mol. The fraction of sp³-hybridized carbons (Fsp3) is 0.300. The van der Waals surface area contributed by atoms with Gasteiger partial charge in [0.2, 0.25) is 5.91 Å². The van der Waals surface area contributed by atoms with E-state index < -0.39 is 12.5 Å². The third-order valence-corrected chi connectivity index (χ3v) is 4.02. The van der Waals surface area contributed by atoms with Crippen LogP contribution in [-0.4, -0.2) is 18.4 Å². The highest BCUT2D eigenvalue weighted by Gasteiger charge is 2.07. The molecule has 2 aromatic carbocycles. The van der Waals surface area contributed by atoms with Crippen LogP contribution in [-0.2, 0) is 11.5 Å². The third kappa shape index (κ3) is 6.69. The number of nitrogens with two attached hydrogens (primary N) is 1. The minimum absolute atomic E-state index is 0.186. The van der Waals surface area contributed by atoms with Crippen LogP contribution < -0.4 is 16.4 Å². The fourth-order valence-corrected chi connectivity index (χ4v) is 2.50. The average Bonchev–Trinajstić information content (AvgIpc) is 2.66. The van der Waals surface area contributed by atoms with E-state index in [4.69, 9.17) is 5.73 Å². The van der Waals surface area contributed by atoms with E-state index >= 15 is 0 Å². The Bertz CT molecular complexity index is 779. The molecule has 2 rings (SSSR count). The summed E-state index contributed by atoms with van der Waals surface area (Å²) in [6.07, 6.45) is 2.48. The predicted molar refractivity (Wildman–Crippen MR) is 101 cm³/mol. The summed E-state index contributed by atoms with van der Waals surface area (Å²) in [7, 11) is 0. The minimum atomic E-state index is -0.552. The Hall–Kier alpha value is -2.96. The molecule has 2 amide bonds. The Morgan fingerprint density at radius 2 is 1.74 bits per heavy atom. The van der Waals surface area contributed by atoms with Crippen LogP contribution in [0.1, 0.15) is 41.6 Å². The van der Waals surface area contributed by atoms with Gasteiger partial charge in [-0.05, 0) is 48.7 Å². The highest BCUT2D eigenvalue weighted by molar-refractivity contribution is 5.94. The van der Waals surface area contributed by atoms with Crippen molar-refractivity contribution in [3.8, 4) is 0 Å². The van der Waals surface area contributed by atoms with E-state index in [1.165, 1.54) is 12.1 Å². The van der Waals surface area contributed by atoms with Crippen LogP contribution in [0.15, 0.2) is 42.5 Å². The Morgan fingerprint density at radius 3 is 2.41 bits per heavy atom. The highest BCUT2D eigenvalue weighted by Crippen LogP contribution is 2.19. The van der Waals surface area contributed by atoms with Gasteiger partial charge in [-0.25, -0.2) is 8.78 Å². The number of amides is 2. The molecule has 2 aromatic rings. The van der Waals surface area contributed by atoms with Gasteiger partial charge in [-0.1, -0.05) is 18.6 Å². The molecule has 144 valence electrons. The van der Waals surface area contributed by atoms with Crippen LogP contribution in [0.2, 0.25) is 0 Å². The van der Waals surface area contributed by atoms with Gasteiger partial charge >= 0.3 is 0 Å².